The van der Waals surface area contributed by atoms with Crippen LogP contribution in [0.2, 0.25) is 0 Å². The minimum atomic E-state index is -1.17. The summed E-state index contributed by atoms with van der Waals surface area (Å²) in [5.41, 5.74) is -0.423. The lowest BCUT2D eigenvalue weighted by Gasteiger charge is -2.37. The first-order valence-electron chi connectivity index (χ1n) is 19.9. The average molecular weight is 765 g/mol. The number of ketones is 1. The molecule has 0 aromatic heterocycles. The van der Waals surface area contributed by atoms with Gasteiger partial charge in [0, 0.05) is 20.6 Å². The Labute approximate surface area is 324 Å². The Hall–Kier alpha value is -4.49. The van der Waals surface area contributed by atoms with E-state index in [0.29, 0.717) is 12.1 Å². The molecule has 4 N–H and O–H groups in total. The number of hydrogen-bond donors (Lipinski definition) is 4. The Balaban J connectivity index is 1.29. The second-order valence-corrected chi connectivity index (χ2v) is 17.7. The SMILES string of the molecule is CN(C)C(=O)[C@@H](NC(=O)CNC(=O)C(=O)C(CC1CCC1)NC(=O)[C@@H]1[C@@H]2[C@H](CN1C(=O)[C@@H](NC(=O)OC(C)(C)C)C1CCCCC1)C2(C)C)c1ccccc1. The van der Waals surface area contributed by atoms with E-state index in [0.717, 1.165) is 51.4 Å². The molecule has 0 bridgehead atoms. The van der Waals surface area contributed by atoms with Crippen LogP contribution in [0.15, 0.2) is 30.3 Å². The summed E-state index contributed by atoms with van der Waals surface area (Å²) in [5, 5.41) is 10.8. The average Bonchev–Trinajstić information content (AvgIpc) is 3.41. The topological polar surface area (TPSA) is 183 Å². The van der Waals surface area contributed by atoms with E-state index in [1.54, 1.807) is 70.1 Å². The molecule has 1 saturated heterocycles. The largest absolute Gasteiger partial charge is 0.444 e. The molecule has 4 fully saturated rings. The summed E-state index contributed by atoms with van der Waals surface area (Å²) in [7, 11) is 3.14. The number of ether oxygens (including phenoxy) is 1. The maximum Gasteiger partial charge on any atom is 0.408 e. The molecular formula is C41H60N6O8. The van der Waals surface area contributed by atoms with Crippen molar-refractivity contribution in [2.24, 2.45) is 29.1 Å². The van der Waals surface area contributed by atoms with E-state index < -0.39 is 65.9 Å². The van der Waals surface area contributed by atoms with Gasteiger partial charge < -0.3 is 35.8 Å². The monoisotopic (exact) mass is 764 g/mol. The van der Waals surface area contributed by atoms with E-state index in [1.165, 1.54) is 4.90 Å². The number of likely N-dealkylation sites (N-methyl/N-ethyl adjacent to an activating group) is 1. The lowest BCUT2D eigenvalue weighted by molar-refractivity contribution is -0.145. The van der Waals surface area contributed by atoms with Crippen LogP contribution in [0.25, 0.3) is 0 Å². The van der Waals surface area contributed by atoms with Gasteiger partial charge in [-0.05, 0) is 74.7 Å². The quantitative estimate of drug-likeness (QED) is 0.208. The number of benzene rings is 1. The molecule has 0 spiro atoms. The van der Waals surface area contributed by atoms with Gasteiger partial charge in [0.15, 0.2) is 0 Å². The van der Waals surface area contributed by atoms with E-state index in [2.05, 4.69) is 35.1 Å². The molecule has 1 aliphatic heterocycles. The number of fused-ring (bicyclic) bond motifs is 1. The van der Waals surface area contributed by atoms with Gasteiger partial charge >= 0.3 is 6.09 Å². The summed E-state index contributed by atoms with van der Waals surface area (Å²) in [5.74, 6) is -3.88. The zero-order valence-corrected chi connectivity index (χ0v) is 33.4. The summed E-state index contributed by atoms with van der Waals surface area (Å²) in [4.78, 5) is 97.7. The number of hydrogen-bond acceptors (Lipinski definition) is 8. The lowest BCUT2D eigenvalue weighted by Crippen LogP contribution is -2.60. The van der Waals surface area contributed by atoms with E-state index >= 15 is 0 Å². The van der Waals surface area contributed by atoms with Crippen LogP contribution in [0.1, 0.15) is 104 Å². The highest BCUT2D eigenvalue weighted by atomic mass is 16.6. The molecule has 4 aliphatic rings. The standard InChI is InChI=1S/C41H60N6O8/c1-40(2,3)55-39(54)45-32(26-19-12-9-13-20-26)38(53)47-23-27-30(41(27,4)5)33(47)35(50)43-28(21-24-15-14-16-24)34(49)36(51)42-22-29(48)44-31(37(52)46(6)7)25-17-10-8-11-18-25/h8,10-11,17-18,24,26-28,30-33H,9,12-16,19-23H2,1-7H3,(H,42,51)(H,43,50)(H,44,48)(H,45,54)/t27-,28?,30-,31-,32-,33-/m0/s1. The number of likely N-dealkylation sites (tertiary alicyclic amines) is 1. The van der Waals surface area contributed by atoms with Gasteiger partial charge in [0.1, 0.15) is 23.7 Å². The number of nitrogens with zero attached hydrogens (tertiary/aromatic N) is 2. The minimum Gasteiger partial charge on any atom is -0.444 e. The maximum absolute atomic E-state index is 14.5. The molecule has 1 heterocycles. The van der Waals surface area contributed by atoms with Crippen LogP contribution < -0.4 is 21.3 Å². The van der Waals surface area contributed by atoms with E-state index in [4.69, 9.17) is 4.74 Å². The van der Waals surface area contributed by atoms with Gasteiger partial charge in [0.25, 0.3) is 5.91 Å². The number of nitrogens with one attached hydrogen (secondary N) is 4. The molecule has 0 radical (unpaired) electrons. The van der Waals surface area contributed by atoms with Gasteiger partial charge in [-0.2, -0.15) is 0 Å². The molecule has 302 valence electrons. The third-order valence-electron chi connectivity index (χ3n) is 12.0. The number of carbonyl (C=O) groups excluding carboxylic acids is 7. The molecule has 1 unspecified atom stereocenters. The molecule has 1 aromatic rings. The summed E-state index contributed by atoms with van der Waals surface area (Å²) in [6.07, 6.45) is 6.70. The van der Waals surface area contributed by atoms with Crippen molar-refractivity contribution in [3.05, 3.63) is 35.9 Å². The van der Waals surface area contributed by atoms with Crippen molar-refractivity contribution in [2.45, 2.75) is 122 Å². The molecule has 3 saturated carbocycles. The van der Waals surface area contributed by atoms with E-state index in [-0.39, 0.29) is 47.3 Å². The molecule has 55 heavy (non-hydrogen) atoms. The smallest absolute Gasteiger partial charge is 0.408 e. The van der Waals surface area contributed by atoms with Crippen molar-refractivity contribution < 1.29 is 38.3 Å². The summed E-state index contributed by atoms with van der Waals surface area (Å²) in [6, 6.07) is 4.77. The van der Waals surface area contributed by atoms with Crippen LogP contribution in [-0.2, 0) is 33.5 Å². The highest BCUT2D eigenvalue weighted by Gasteiger charge is 2.69. The predicted octanol–water partition coefficient (Wildman–Crippen LogP) is 3.25. The van der Waals surface area contributed by atoms with Gasteiger partial charge in [0.2, 0.25) is 29.4 Å². The second-order valence-electron chi connectivity index (χ2n) is 17.7. The highest BCUT2D eigenvalue weighted by Crippen LogP contribution is 2.65. The van der Waals surface area contributed by atoms with Crippen LogP contribution in [0.5, 0.6) is 0 Å². The van der Waals surface area contributed by atoms with Crippen LogP contribution in [-0.4, -0.2) is 102 Å². The van der Waals surface area contributed by atoms with Crippen molar-refractivity contribution >= 4 is 41.4 Å². The van der Waals surface area contributed by atoms with Gasteiger partial charge in [-0.3, -0.25) is 28.8 Å². The molecule has 6 atom stereocenters. The molecule has 3 aliphatic carbocycles. The minimum absolute atomic E-state index is 0.0578. The fourth-order valence-electron chi connectivity index (χ4n) is 8.63. The fourth-order valence-corrected chi connectivity index (χ4v) is 8.63. The summed E-state index contributed by atoms with van der Waals surface area (Å²) in [6.45, 7) is 9.17. The van der Waals surface area contributed by atoms with Crippen molar-refractivity contribution in [3.63, 3.8) is 0 Å². The maximum atomic E-state index is 14.5. The highest BCUT2D eigenvalue weighted by molar-refractivity contribution is 6.38. The first-order chi connectivity index (χ1) is 25.9. The predicted molar refractivity (Wildman–Crippen MR) is 204 cm³/mol. The van der Waals surface area contributed by atoms with Crippen molar-refractivity contribution in [1.29, 1.82) is 0 Å². The Morgan fingerprint density at radius 1 is 0.891 bits per heavy atom. The number of piperidine rings is 1. The van der Waals surface area contributed by atoms with E-state index in [9.17, 15) is 33.6 Å². The lowest BCUT2D eigenvalue weighted by atomic mass is 9.80. The molecular weight excluding hydrogens is 704 g/mol. The van der Waals surface area contributed by atoms with Crippen molar-refractivity contribution in [2.75, 3.05) is 27.2 Å². The first-order valence-corrected chi connectivity index (χ1v) is 19.9. The summed E-state index contributed by atoms with van der Waals surface area (Å²) < 4.78 is 5.54. The van der Waals surface area contributed by atoms with Gasteiger partial charge in [-0.15, -0.1) is 0 Å². The Bertz CT molecular complexity index is 1610. The Morgan fingerprint density at radius 2 is 1.55 bits per heavy atom. The van der Waals surface area contributed by atoms with Crippen LogP contribution in [0, 0.1) is 29.1 Å². The fraction of sp³-hybridized carbons (Fsp3) is 0.683. The Morgan fingerprint density at radius 3 is 2.13 bits per heavy atom. The number of alkyl carbamates (subject to hydrolysis) is 1. The van der Waals surface area contributed by atoms with Gasteiger partial charge in [-0.1, -0.05) is 82.7 Å². The number of rotatable bonds is 14. The van der Waals surface area contributed by atoms with Crippen molar-refractivity contribution in [3.8, 4) is 0 Å². The Kier molecular flexibility index (Phi) is 13.0. The molecule has 6 amide bonds. The van der Waals surface area contributed by atoms with Gasteiger partial charge in [0.05, 0.1) is 12.6 Å². The van der Waals surface area contributed by atoms with Crippen LogP contribution in [0.4, 0.5) is 4.79 Å². The number of amides is 6. The number of Topliss-reactive ketones (excluding diaryl/α,β-unsaturated/α-hetero) is 1. The summed E-state index contributed by atoms with van der Waals surface area (Å²) >= 11 is 0. The zero-order chi connectivity index (χ0) is 40.2. The second kappa shape index (κ2) is 17.1. The number of carbonyl (C=O) groups is 7. The van der Waals surface area contributed by atoms with Crippen LogP contribution >= 0.6 is 0 Å². The third kappa shape index (κ3) is 10.0. The molecule has 14 heteroatoms. The van der Waals surface area contributed by atoms with Crippen LogP contribution in [0.3, 0.4) is 0 Å². The first kappa shape index (κ1) is 41.7. The normalized spacial score (nSPS) is 23.5. The molecule has 5 rings (SSSR count). The van der Waals surface area contributed by atoms with E-state index in [1.807, 2.05) is 0 Å². The molecule has 14 nitrogen and oxygen atoms in total. The molecule has 1 aromatic carbocycles. The zero-order valence-electron chi connectivity index (χ0n) is 33.4. The van der Waals surface area contributed by atoms with Gasteiger partial charge in [-0.25, -0.2) is 4.79 Å². The third-order valence-corrected chi connectivity index (χ3v) is 12.0. The van der Waals surface area contributed by atoms with Crippen molar-refractivity contribution in [1.82, 2.24) is 31.1 Å².